The van der Waals surface area contributed by atoms with E-state index in [0.717, 1.165) is 16.4 Å². The Bertz CT molecular complexity index is 611. The zero-order valence-corrected chi connectivity index (χ0v) is 9.99. The molecule has 4 nitrogen and oxygen atoms in total. The quantitative estimate of drug-likeness (QED) is 0.649. The highest BCUT2D eigenvalue weighted by atomic mass is 19.4. The molecule has 0 spiro atoms. The lowest BCUT2D eigenvalue weighted by Crippen LogP contribution is -2.20. The molecule has 0 fully saturated rings. The molecule has 1 aromatic carbocycles. The lowest BCUT2D eigenvalue weighted by molar-refractivity contribution is -0.142. The molecule has 2 aromatic rings. The van der Waals surface area contributed by atoms with E-state index in [1.54, 1.807) is 12.1 Å². The van der Waals surface area contributed by atoms with Crippen molar-refractivity contribution >= 4 is 5.84 Å². The van der Waals surface area contributed by atoms with Gasteiger partial charge in [-0.25, -0.2) is 4.68 Å². The second-order valence-corrected chi connectivity index (χ2v) is 4.07. The van der Waals surface area contributed by atoms with Gasteiger partial charge in [-0.3, -0.25) is 5.41 Å². The second-order valence-electron chi connectivity index (χ2n) is 4.07. The van der Waals surface area contributed by atoms with Crippen molar-refractivity contribution in [3.8, 4) is 5.69 Å². The number of nitrogens with one attached hydrogen (secondary N) is 1. The fourth-order valence-electron chi connectivity index (χ4n) is 1.70. The van der Waals surface area contributed by atoms with Crippen LogP contribution in [-0.4, -0.2) is 15.6 Å². The van der Waals surface area contributed by atoms with Crippen molar-refractivity contribution in [3.63, 3.8) is 0 Å². The largest absolute Gasteiger partial charge is 0.434 e. The smallest absolute Gasteiger partial charge is 0.384 e. The van der Waals surface area contributed by atoms with Gasteiger partial charge >= 0.3 is 6.18 Å². The molecule has 0 unspecified atom stereocenters. The molecule has 19 heavy (non-hydrogen) atoms. The van der Waals surface area contributed by atoms with Gasteiger partial charge in [0.25, 0.3) is 0 Å². The summed E-state index contributed by atoms with van der Waals surface area (Å²) in [5.74, 6) is -0.661. The highest BCUT2D eigenvalue weighted by Crippen LogP contribution is 2.33. The Morgan fingerprint density at radius 2 is 1.84 bits per heavy atom. The van der Waals surface area contributed by atoms with Gasteiger partial charge in [0.15, 0.2) is 5.69 Å². The van der Waals surface area contributed by atoms with Gasteiger partial charge in [0.2, 0.25) is 0 Å². The van der Waals surface area contributed by atoms with E-state index in [1.165, 1.54) is 12.1 Å². The number of benzene rings is 1. The molecular formula is C12H11F3N4. The topological polar surface area (TPSA) is 67.7 Å². The first-order chi connectivity index (χ1) is 8.80. The fraction of sp³-hybridized carbons (Fsp3) is 0.167. The Kier molecular flexibility index (Phi) is 3.05. The zero-order chi connectivity index (χ0) is 14.2. The summed E-state index contributed by atoms with van der Waals surface area (Å²) >= 11 is 0. The maximum Gasteiger partial charge on any atom is 0.434 e. The van der Waals surface area contributed by atoms with Crippen molar-refractivity contribution in [3.05, 3.63) is 47.3 Å². The van der Waals surface area contributed by atoms with Gasteiger partial charge < -0.3 is 5.73 Å². The average Bonchev–Trinajstić information content (AvgIpc) is 2.74. The molecule has 0 aliphatic carbocycles. The van der Waals surface area contributed by atoms with Crippen LogP contribution in [0.4, 0.5) is 13.2 Å². The number of nitrogens with zero attached hydrogens (tertiary/aromatic N) is 2. The first kappa shape index (κ1) is 13.1. The third-order valence-electron chi connectivity index (χ3n) is 2.61. The third kappa shape index (κ3) is 2.44. The Hall–Kier alpha value is -2.31. The first-order valence-corrected chi connectivity index (χ1v) is 5.37. The van der Waals surface area contributed by atoms with E-state index in [9.17, 15) is 13.2 Å². The van der Waals surface area contributed by atoms with Crippen molar-refractivity contribution < 1.29 is 13.2 Å². The number of halogens is 3. The molecule has 2 rings (SSSR count). The van der Waals surface area contributed by atoms with Gasteiger partial charge in [0, 0.05) is 0 Å². The lowest BCUT2D eigenvalue weighted by atomic mass is 10.2. The van der Waals surface area contributed by atoms with E-state index < -0.39 is 23.3 Å². The van der Waals surface area contributed by atoms with E-state index in [0.29, 0.717) is 0 Å². The molecule has 0 amide bonds. The van der Waals surface area contributed by atoms with Crippen molar-refractivity contribution in [1.29, 1.82) is 5.41 Å². The number of hydrogen-bond donors (Lipinski definition) is 2. The molecule has 0 bridgehead atoms. The standard InChI is InChI=1S/C12H11F3N4/c1-7-2-4-8(5-3-7)19-10(12(13,14)15)9(6-18-19)11(16)17/h2-6H,1H3,(H3,16,17). The molecule has 1 heterocycles. The summed E-state index contributed by atoms with van der Waals surface area (Å²) in [6.45, 7) is 1.83. The van der Waals surface area contributed by atoms with Gasteiger partial charge in [0.1, 0.15) is 5.84 Å². The molecule has 0 aliphatic rings. The second kappa shape index (κ2) is 4.42. The summed E-state index contributed by atoms with van der Waals surface area (Å²) in [4.78, 5) is 0. The van der Waals surface area contributed by atoms with Crippen molar-refractivity contribution in [2.45, 2.75) is 13.1 Å². The summed E-state index contributed by atoms with van der Waals surface area (Å²) in [6, 6.07) is 6.43. The Labute approximate surface area is 107 Å². The Morgan fingerprint density at radius 3 is 2.32 bits per heavy atom. The van der Waals surface area contributed by atoms with Gasteiger partial charge in [-0.2, -0.15) is 18.3 Å². The predicted octanol–water partition coefficient (Wildman–Crippen LogP) is 2.48. The number of alkyl halides is 3. The highest BCUT2D eigenvalue weighted by Gasteiger charge is 2.39. The van der Waals surface area contributed by atoms with Crippen molar-refractivity contribution in [2.75, 3.05) is 0 Å². The predicted molar refractivity (Wildman–Crippen MR) is 64.3 cm³/mol. The molecule has 7 heteroatoms. The summed E-state index contributed by atoms with van der Waals surface area (Å²) in [5, 5.41) is 10.9. The molecular weight excluding hydrogens is 257 g/mol. The Morgan fingerprint density at radius 1 is 1.26 bits per heavy atom. The molecule has 3 N–H and O–H groups in total. The molecule has 100 valence electrons. The van der Waals surface area contributed by atoms with E-state index in [1.807, 2.05) is 6.92 Å². The summed E-state index contributed by atoms with van der Waals surface area (Å²) < 4.78 is 39.9. The summed E-state index contributed by atoms with van der Waals surface area (Å²) in [5.41, 5.74) is 4.89. The van der Waals surface area contributed by atoms with Gasteiger partial charge in [-0.05, 0) is 19.1 Å². The molecule has 0 saturated carbocycles. The van der Waals surface area contributed by atoms with E-state index >= 15 is 0 Å². The minimum Gasteiger partial charge on any atom is -0.384 e. The number of nitrogens with two attached hydrogens (primary N) is 1. The van der Waals surface area contributed by atoms with Gasteiger partial charge in [0.05, 0.1) is 17.4 Å². The SMILES string of the molecule is Cc1ccc(-n2ncc(C(=N)N)c2C(F)(F)F)cc1. The van der Waals surface area contributed by atoms with Gasteiger partial charge in [-0.1, -0.05) is 17.7 Å². The number of aryl methyl sites for hydroxylation is 1. The third-order valence-corrected chi connectivity index (χ3v) is 2.61. The van der Waals surface area contributed by atoms with Crippen LogP contribution in [0, 0.1) is 12.3 Å². The fourth-order valence-corrected chi connectivity index (χ4v) is 1.70. The van der Waals surface area contributed by atoms with E-state index in [4.69, 9.17) is 11.1 Å². The van der Waals surface area contributed by atoms with E-state index in [-0.39, 0.29) is 5.69 Å². The van der Waals surface area contributed by atoms with Crippen molar-refractivity contribution in [2.24, 2.45) is 5.73 Å². The van der Waals surface area contributed by atoms with Crippen LogP contribution >= 0.6 is 0 Å². The minimum absolute atomic E-state index is 0.269. The van der Waals surface area contributed by atoms with Crippen LogP contribution in [0.25, 0.3) is 5.69 Å². The minimum atomic E-state index is -4.64. The van der Waals surface area contributed by atoms with Crippen LogP contribution in [0.5, 0.6) is 0 Å². The molecule has 0 radical (unpaired) electrons. The maximum atomic E-state index is 13.1. The number of aromatic nitrogens is 2. The van der Waals surface area contributed by atoms with Crippen LogP contribution in [0.3, 0.4) is 0 Å². The van der Waals surface area contributed by atoms with Crippen molar-refractivity contribution in [1.82, 2.24) is 9.78 Å². The summed E-state index contributed by atoms with van der Waals surface area (Å²) in [6.07, 6.45) is -3.69. The van der Waals surface area contributed by atoms with Crippen LogP contribution in [0.2, 0.25) is 0 Å². The van der Waals surface area contributed by atoms with Crippen LogP contribution in [0.15, 0.2) is 30.5 Å². The maximum absolute atomic E-state index is 13.1. The highest BCUT2D eigenvalue weighted by molar-refractivity contribution is 5.96. The Balaban J connectivity index is 2.64. The normalized spacial score (nSPS) is 11.6. The average molecular weight is 268 g/mol. The number of amidine groups is 1. The monoisotopic (exact) mass is 268 g/mol. The first-order valence-electron chi connectivity index (χ1n) is 5.37. The molecule has 0 saturated heterocycles. The molecule has 1 aromatic heterocycles. The molecule has 0 atom stereocenters. The number of hydrogen-bond acceptors (Lipinski definition) is 2. The van der Waals surface area contributed by atoms with E-state index in [2.05, 4.69) is 5.10 Å². The summed E-state index contributed by atoms with van der Waals surface area (Å²) in [7, 11) is 0. The lowest BCUT2D eigenvalue weighted by Gasteiger charge is -2.12. The van der Waals surface area contributed by atoms with Gasteiger partial charge in [-0.15, -0.1) is 0 Å². The number of nitrogen functional groups attached to an aromatic ring is 1. The van der Waals surface area contributed by atoms with Crippen LogP contribution in [-0.2, 0) is 6.18 Å². The molecule has 0 aliphatic heterocycles. The zero-order valence-electron chi connectivity index (χ0n) is 9.99. The number of rotatable bonds is 2. The van der Waals surface area contributed by atoms with Crippen LogP contribution in [0.1, 0.15) is 16.8 Å². The van der Waals surface area contributed by atoms with Crippen LogP contribution < -0.4 is 5.73 Å².